The molecule has 1 amide bonds. The molecule has 0 aliphatic carbocycles. The van der Waals surface area contributed by atoms with Gasteiger partial charge in [0.15, 0.2) is 11.5 Å². The van der Waals surface area contributed by atoms with Crippen LogP contribution < -0.4 is 10.6 Å². The summed E-state index contributed by atoms with van der Waals surface area (Å²) in [6.07, 6.45) is 8.39. The number of imidazole rings is 1. The van der Waals surface area contributed by atoms with E-state index in [2.05, 4.69) is 52.3 Å². The van der Waals surface area contributed by atoms with Gasteiger partial charge in [0.1, 0.15) is 11.2 Å². The van der Waals surface area contributed by atoms with E-state index in [-0.39, 0.29) is 5.91 Å². The first-order chi connectivity index (χ1) is 16.4. The zero-order chi connectivity index (χ0) is 23.8. The van der Waals surface area contributed by atoms with Crippen LogP contribution >= 0.6 is 0 Å². The quantitative estimate of drug-likeness (QED) is 0.307. The summed E-state index contributed by atoms with van der Waals surface area (Å²) in [5.74, 6) is 1.03. The molecule has 5 aromatic rings. The van der Waals surface area contributed by atoms with Gasteiger partial charge in [0.2, 0.25) is 0 Å². The number of nitrogens with one attached hydrogen (secondary N) is 4. The van der Waals surface area contributed by atoms with Crippen LogP contribution in [0.3, 0.4) is 0 Å². The van der Waals surface area contributed by atoms with E-state index in [1.54, 1.807) is 31.8 Å². The molecule has 0 atom stereocenters. The summed E-state index contributed by atoms with van der Waals surface area (Å²) in [7, 11) is 5.40. The highest BCUT2D eigenvalue weighted by Gasteiger charge is 2.18. The Kier molecular flexibility index (Phi) is 5.13. The highest BCUT2D eigenvalue weighted by molar-refractivity contribution is 6.05. The Morgan fingerprint density at radius 1 is 1.06 bits per heavy atom. The predicted octanol–water partition coefficient (Wildman–Crippen LogP) is 2.76. The molecule has 0 saturated heterocycles. The highest BCUT2D eigenvalue weighted by atomic mass is 16.1. The Labute approximate surface area is 194 Å². The summed E-state index contributed by atoms with van der Waals surface area (Å²) in [5.41, 5.74) is 5.33. The fourth-order valence-corrected chi connectivity index (χ4v) is 3.53. The van der Waals surface area contributed by atoms with Gasteiger partial charge in [-0.3, -0.25) is 19.9 Å². The number of fused-ring (bicyclic) bond motifs is 2. The minimum Gasteiger partial charge on any atom is -0.365 e. The molecule has 0 unspecified atom stereocenters. The lowest BCUT2D eigenvalue weighted by atomic mass is 10.1. The van der Waals surface area contributed by atoms with Crippen LogP contribution in [0.1, 0.15) is 10.4 Å². The number of anilines is 1. The molecule has 5 heterocycles. The molecule has 11 heteroatoms. The number of rotatable bonds is 6. The van der Waals surface area contributed by atoms with Gasteiger partial charge in [-0.25, -0.2) is 9.97 Å². The van der Waals surface area contributed by atoms with Crippen molar-refractivity contribution in [3.8, 4) is 22.6 Å². The maximum Gasteiger partial charge on any atom is 0.254 e. The number of carbonyl (C=O) groups is 1. The van der Waals surface area contributed by atoms with Gasteiger partial charge >= 0.3 is 0 Å². The van der Waals surface area contributed by atoms with Gasteiger partial charge in [0.05, 0.1) is 40.4 Å². The lowest BCUT2D eigenvalue weighted by Gasteiger charge is -2.17. The van der Waals surface area contributed by atoms with Crippen LogP contribution in [-0.4, -0.2) is 67.1 Å². The zero-order valence-electron chi connectivity index (χ0n) is 18.8. The van der Waals surface area contributed by atoms with E-state index in [9.17, 15) is 4.79 Å². The van der Waals surface area contributed by atoms with Crippen molar-refractivity contribution in [2.75, 3.05) is 26.5 Å². The number of hydrogen-bond donors (Lipinski definition) is 4. The maximum absolute atomic E-state index is 12.2. The Morgan fingerprint density at radius 3 is 2.65 bits per heavy atom. The number of H-pyrrole nitrogens is 2. The van der Waals surface area contributed by atoms with E-state index in [1.165, 1.54) is 6.20 Å². The molecule has 5 aromatic heterocycles. The summed E-state index contributed by atoms with van der Waals surface area (Å²) < 4.78 is 0. The van der Waals surface area contributed by atoms with Crippen molar-refractivity contribution in [2.45, 2.75) is 0 Å². The monoisotopic (exact) mass is 454 g/mol. The Bertz CT molecular complexity index is 1550. The number of nitrogens with zero attached hydrogens (tertiary/aromatic N) is 6. The van der Waals surface area contributed by atoms with E-state index >= 15 is 0 Å². The molecule has 0 radical (unpaired) electrons. The van der Waals surface area contributed by atoms with Crippen LogP contribution in [-0.2, 0) is 0 Å². The number of hydrogen-bond acceptors (Lipinski definition) is 8. The first kappa shape index (κ1) is 21.1. The Hall–Kier alpha value is -4.80. The summed E-state index contributed by atoms with van der Waals surface area (Å²) in [4.78, 5) is 35.0. The lowest BCUT2D eigenvalue weighted by molar-refractivity contribution is 0.0964. The van der Waals surface area contributed by atoms with Gasteiger partial charge in [-0.1, -0.05) is 6.58 Å². The van der Waals surface area contributed by atoms with Crippen molar-refractivity contribution >= 4 is 33.7 Å². The predicted molar refractivity (Wildman–Crippen MR) is 130 cm³/mol. The van der Waals surface area contributed by atoms with Crippen LogP contribution in [0.5, 0.6) is 0 Å². The second-order valence-corrected chi connectivity index (χ2v) is 7.87. The molecule has 0 fully saturated rings. The first-order valence-electron chi connectivity index (χ1n) is 10.4. The van der Waals surface area contributed by atoms with Gasteiger partial charge in [-0.2, -0.15) is 5.10 Å². The molecule has 5 rings (SSSR count). The van der Waals surface area contributed by atoms with E-state index in [0.717, 1.165) is 28.0 Å². The van der Waals surface area contributed by atoms with Crippen molar-refractivity contribution in [3.63, 3.8) is 0 Å². The van der Waals surface area contributed by atoms with Crippen molar-refractivity contribution in [1.29, 1.82) is 0 Å². The van der Waals surface area contributed by atoms with E-state index in [1.807, 2.05) is 31.1 Å². The largest absolute Gasteiger partial charge is 0.365 e. The molecular formula is C23H22N10O. The summed E-state index contributed by atoms with van der Waals surface area (Å²) in [6.45, 7) is 3.99. The third kappa shape index (κ3) is 3.68. The Morgan fingerprint density at radius 2 is 1.85 bits per heavy atom. The molecule has 34 heavy (non-hydrogen) atoms. The van der Waals surface area contributed by atoms with Crippen LogP contribution in [0.2, 0.25) is 0 Å². The van der Waals surface area contributed by atoms with Crippen LogP contribution in [0.15, 0.2) is 55.5 Å². The van der Waals surface area contributed by atoms with Gasteiger partial charge in [-0.15, -0.1) is 0 Å². The lowest BCUT2D eigenvalue weighted by Crippen LogP contribution is -2.18. The van der Waals surface area contributed by atoms with Gasteiger partial charge in [-0.05, 0) is 12.1 Å². The number of aromatic nitrogens is 7. The molecule has 0 aromatic carbocycles. The van der Waals surface area contributed by atoms with Crippen LogP contribution in [0.25, 0.3) is 44.7 Å². The molecular weight excluding hydrogens is 432 g/mol. The number of aromatic amines is 2. The summed E-state index contributed by atoms with van der Waals surface area (Å²) in [5, 5.41) is 13.9. The fourth-order valence-electron chi connectivity index (χ4n) is 3.53. The molecule has 0 saturated carbocycles. The average molecular weight is 454 g/mol. The topological polar surface area (TPSA) is 140 Å². The molecule has 4 N–H and O–H groups in total. The normalized spacial score (nSPS) is 11.0. The minimum atomic E-state index is -0.257. The minimum absolute atomic E-state index is 0.257. The van der Waals surface area contributed by atoms with Gasteiger partial charge < -0.3 is 20.5 Å². The third-order valence-corrected chi connectivity index (χ3v) is 5.41. The second-order valence-electron chi connectivity index (χ2n) is 7.87. The van der Waals surface area contributed by atoms with Gasteiger partial charge in [0.25, 0.3) is 5.91 Å². The molecule has 170 valence electrons. The third-order valence-electron chi connectivity index (χ3n) is 5.41. The molecule has 0 aliphatic heterocycles. The summed E-state index contributed by atoms with van der Waals surface area (Å²) in [6, 6.07) is 3.96. The van der Waals surface area contributed by atoms with Crippen molar-refractivity contribution in [1.82, 2.24) is 45.3 Å². The van der Waals surface area contributed by atoms with Crippen molar-refractivity contribution < 1.29 is 4.79 Å². The SMILES string of the molecule is C=C(Nc1cncc(-c2cnc3n[nH]c(-c4nc5c(C(=O)NC)cncc5[nH]4)c3c2)c1)N(C)C. The van der Waals surface area contributed by atoms with Gasteiger partial charge in [0, 0.05) is 50.9 Å². The standard InChI is InChI=1S/C23H22N10O/c1-12(33(3)4)28-15-5-13(7-25-9-15)14-6-16-20(31-32-21(16)27-8-14)22-29-18-11-26-10-17(19(18)30-22)23(34)24-2/h5-11,28H,1H2,2-4H3,(H,24,34)(H,29,30)(H,27,31,32). The summed E-state index contributed by atoms with van der Waals surface area (Å²) >= 11 is 0. The molecule has 11 nitrogen and oxygen atoms in total. The van der Waals surface area contributed by atoms with Crippen LogP contribution in [0.4, 0.5) is 5.69 Å². The molecule has 0 aliphatic rings. The van der Waals surface area contributed by atoms with E-state index in [0.29, 0.717) is 33.8 Å². The molecule has 0 spiro atoms. The first-order valence-corrected chi connectivity index (χ1v) is 10.4. The van der Waals surface area contributed by atoms with Crippen molar-refractivity contribution in [3.05, 3.63) is 61.1 Å². The Balaban J connectivity index is 1.56. The van der Waals surface area contributed by atoms with Crippen LogP contribution in [0, 0.1) is 0 Å². The van der Waals surface area contributed by atoms with E-state index < -0.39 is 0 Å². The number of carbonyl (C=O) groups excluding carboxylic acids is 1. The fraction of sp³-hybridized carbons (Fsp3) is 0.130. The van der Waals surface area contributed by atoms with E-state index in [4.69, 9.17) is 0 Å². The van der Waals surface area contributed by atoms with Crippen molar-refractivity contribution in [2.24, 2.45) is 0 Å². The zero-order valence-corrected chi connectivity index (χ0v) is 18.8. The number of pyridine rings is 3. The highest BCUT2D eigenvalue weighted by Crippen LogP contribution is 2.30. The smallest absolute Gasteiger partial charge is 0.254 e. The second kappa shape index (κ2) is 8.28. The maximum atomic E-state index is 12.2. The number of amides is 1. The molecule has 0 bridgehead atoms. The average Bonchev–Trinajstić information content (AvgIpc) is 3.47.